The molecule has 2 amide bonds. The first-order chi connectivity index (χ1) is 28.0. The number of carbonyl (C=O) groups excluding carboxylic acids is 3. The lowest BCUT2D eigenvalue weighted by Gasteiger charge is -2.15. The van der Waals surface area contributed by atoms with Crippen molar-refractivity contribution in [2.75, 3.05) is 32.8 Å². The highest BCUT2D eigenvalue weighted by molar-refractivity contribution is 5.81. The van der Waals surface area contributed by atoms with Crippen molar-refractivity contribution in [2.24, 2.45) is 0 Å². The number of alkyl halides is 6. The van der Waals surface area contributed by atoms with Gasteiger partial charge in [0.05, 0.1) is 30.1 Å². The second-order valence-electron chi connectivity index (χ2n) is 13.2. The smallest absolute Gasteiger partial charge is 0.424 e. The summed E-state index contributed by atoms with van der Waals surface area (Å²) in [6.07, 6.45) is -6.45. The van der Waals surface area contributed by atoms with Crippen molar-refractivity contribution < 1.29 is 64.5 Å². The van der Waals surface area contributed by atoms with Crippen LogP contribution in [0.1, 0.15) is 31.4 Å². The van der Waals surface area contributed by atoms with E-state index in [4.69, 9.17) is 14.3 Å². The number of hydrogen-bond acceptors (Lipinski definition) is 11. The third-order valence-corrected chi connectivity index (χ3v) is 9.05. The van der Waals surface area contributed by atoms with Gasteiger partial charge in [0.15, 0.2) is 17.0 Å². The maximum atomic E-state index is 12.3. The first kappa shape index (κ1) is 42.2. The van der Waals surface area contributed by atoms with Crippen LogP contribution in [0.15, 0.2) is 82.0 Å². The molecule has 0 saturated carbocycles. The number of esters is 1. The van der Waals surface area contributed by atoms with Gasteiger partial charge < -0.3 is 33.5 Å². The number of fused-ring (bicyclic) bond motifs is 2. The third kappa shape index (κ3) is 11.4. The summed E-state index contributed by atoms with van der Waals surface area (Å²) < 4.78 is 92.2. The molecule has 3 aromatic heterocycles. The summed E-state index contributed by atoms with van der Waals surface area (Å²) in [7, 11) is 0. The molecule has 0 bridgehead atoms. The number of aliphatic hydroxyl groups excluding tert-OH is 1. The number of pyridine rings is 2. The summed E-state index contributed by atoms with van der Waals surface area (Å²) >= 11 is 0. The number of nitrogens with zero attached hydrogens (tertiary/aromatic N) is 5. The number of hydrogen-bond donors (Lipinski definition) is 1. The predicted molar refractivity (Wildman–Crippen MR) is 195 cm³/mol. The Hall–Kier alpha value is -6.44. The molecule has 0 aliphatic carbocycles. The van der Waals surface area contributed by atoms with E-state index in [9.17, 15) is 45.5 Å². The molecule has 2 fully saturated rings. The van der Waals surface area contributed by atoms with E-state index in [1.807, 2.05) is 0 Å². The molecule has 3 aliphatic rings. The Balaban J connectivity index is 0.000000169. The Morgan fingerprint density at radius 1 is 0.661 bits per heavy atom. The van der Waals surface area contributed by atoms with Crippen LogP contribution < -0.4 is 20.0 Å². The van der Waals surface area contributed by atoms with Gasteiger partial charge in [0, 0.05) is 56.7 Å². The largest absolute Gasteiger partial charge is 0.573 e. The quantitative estimate of drug-likeness (QED) is 0.139. The number of aliphatic hydroxyl groups is 1. The Morgan fingerprint density at radius 3 is 1.69 bits per heavy atom. The van der Waals surface area contributed by atoms with Gasteiger partial charge in [-0.1, -0.05) is 0 Å². The van der Waals surface area contributed by atoms with Crippen molar-refractivity contribution in [3.05, 3.63) is 89.0 Å². The number of benzene rings is 2. The summed E-state index contributed by atoms with van der Waals surface area (Å²) in [5, 5.41) is 8.45. The van der Waals surface area contributed by atoms with Crippen molar-refractivity contribution in [1.29, 1.82) is 0 Å². The average molecular weight is 832 g/mol. The monoisotopic (exact) mass is 831 g/mol. The van der Waals surface area contributed by atoms with E-state index in [2.05, 4.69) is 19.4 Å². The molecule has 2 aromatic carbocycles. The maximum Gasteiger partial charge on any atom is 0.573 e. The van der Waals surface area contributed by atoms with Gasteiger partial charge in [-0.3, -0.25) is 19.0 Å². The minimum absolute atomic E-state index is 0.0562. The van der Waals surface area contributed by atoms with Crippen molar-refractivity contribution >= 4 is 29.0 Å². The molecular formula is C39H35F6N5O9. The van der Waals surface area contributed by atoms with Gasteiger partial charge in [0.25, 0.3) is 0 Å². The lowest BCUT2D eigenvalue weighted by Crippen LogP contribution is -2.30. The van der Waals surface area contributed by atoms with E-state index >= 15 is 0 Å². The summed E-state index contributed by atoms with van der Waals surface area (Å²) in [6.45, 7) is 2.72. The fraction of sp³-hybridized carbons (Fsp3) is 0.333. The van der Waals surface area contributed by atoms with Gasteiger partial charge in [-0.05, 0) is 85.6 Å². The molecule has 3 aliphatic heterocycles. The van der Waals surface area contributed by atoms with Gasteiger partial charge in [0.2, 0.25) is 11.8 Å². The number of likely N-dealkylation sites (tertiary alicyclic amines) is 2. The Morgan fingerprint density at radius 2 is 1.19 bits per heavy atom. The zero-order chi connectivity index (χ0) is 42.3. The fourth-order valence-electron chi connectivity index (χ4n) is 6.34. The molecule has 1 N–H and O–H groups in total. The lowest BCUT2D eigenvalue weighted by atomic mass is 10.1. The van der Waals surface area contributed by atoms with Crippen LogP contribution >= 0.6 is 0 Å². The van der Waals surface area contributed by atoms with Crippen LogP contribution in [-0.2, 0) is 27.3 Å². The molecule has 312 valence electrons. The van der Waals surface area contributed by atoms with Gasteiger partial charge >= 0.3 is 24.5 Å². The fourth-order valence-corrected chi connectivity index (χ4v) is 6.34. The van der Waals surface area contributed by atoms with Crippen LogP contribution in [0.5, 0.6) is 17.2 Å². The minimum atomic E-state index is -4.76. The lowest BCUT2D eigenvalue weighted by molar-refractivity contribution is -0.275. The van der Waals surface area contributed by atoms with Crippen LogP contribution in [0.2, 0.25) is 0 Å². The molecule has 5 aromatic rings. The molecule has 14 nitrogen and oxygen atoms in total. The molecular weight excluding hydrogens is 796 g/mol. The second kappa shape index (κ2) is 18.0. The Bertz CT molecular complexity index is 2350. The number of ether oxygens (including phenoxy) is 3. The molecule has 59 heavy (non-hydrogen) atoms. The average Bonchev–Trinajstić information content (AvgIpc) is 3.96. The highest BCUT2D eigenvalue weighted by Crippen LogP contribution is 2.30. The van der Waals surface area contributed by atoms with E-state index in [0.717, 1.165) is 19.4 Å². The first-order valence-electron chi connectivity index (χ1n) is 18.1. The summed E-state index contributed by atoms with van der Waals surface area (Å²) in [5.41, 5.74) is 3.31. The minimum Gasteiger partial charge on any atom is -0.424 e. The maximum absolute atomic E-state index is 12.3. The van der Waals surface area contributed by atoms with Crippen molar-refractivity contribution in [1.82, 2.24) is 24.3 Å². The molecule has 0 atom stereocenters. The molecule has 8 rings (SSSR count). The number of aromatic nitrogens is 3. The van der Waals surface area contributed by atoms with E-state index in [0.29, 0.717) is 77.7 Å². The van der Waals surface area contributed by atoms with Crippen molar-refractivity contribution in [2.45, 2.75) is 51.4 Å². The summed E-state index contributed by atoms with van der Waals surface area (Å²) in [6, 6.07) is 17.1. The number of β-amino-alcohol motifs (C(OH)–C–C–N with tert-alkyl or cyclic N) is 1. The zero-order valence-electron chi connectivity index (χ0n) is 30.9. The summed E-state index contributed by atoms with van der Waals surface area (Å²) in [4.78, 5) is 57.9. The van der Waals surface area contributed by atoms with Gasteiger partial charge in [-0.15, -0.1) is 26.3 Å². The van der Waals surface area contributed by atoms with Crippen LogP contribution in [0.4, 0.5) is 26.3 Å². The van der Waals surface area contributed by atoms with Crippen molar-refractivity contribution in [3.63, 3.8) is 0 Å². The van der Waals surface area contributed by atoms with E-state index in [-0.39, 0.29) is 48.9 Å². The highest BCUT2D eigenvalue weighted by Gasteiger charge is 2.32. The van der Waals surface area contributed by atoms with Crippen LogP contribution in [0.25, 0.3) is 33.7 Å². The molecule has 0 radical (unpaired) electrons. The van der Waals surface area contributed by atoms with Gasteiger partial charge in [0.1, 0.15) is 11.5 Å². The van der Waals surface area contributed by atoms with Crippen LogP contribution in [0, 0.1) is 0 Å². The van der Waals surface area contributed by atoms with E-state index in [1.54, 1.807) is 34.1 Å². The van der Waals surface area contributed by atoms with Crippen LogP contribution in [0.3, 0.4) is 0 Å². The number of rotatable bonds is 9. The number of halogens is 6. The van der Waals surface area contributed by atoms with Gasteiger partial charge in [-0.2, -0.15) is 0 Å². The van der Waals surface area contributed by atoms with E-state index < -0.39 is 18.5 Å². The molecule has 6 heterocycles. The SMILES string of the molecule is O=C1CCCN1CCO.O=C1CCCN1CCn1c(=O)oc2ccc(-c3ccc(OC(F)(F)F)cc3)nc21.O=C1Cc2nc(-c3ccc(OC(F)(F)F)cc3)ccc2O1. The number of oxazole rings is 1. The Kier molecular flexibility index (Phi) is 12.9. The van der Waals surface area contributed by atoms with Crippen LogP contribution in [-0.4, -0.2) is 92.7 Å². The summed E-state index contributed by atoms with van der Waals surface area (Å²) in [5.74, 6) is -0.928. The van der Waals surface area contributed by atoms with Crippen molar-refractivity contribution in [3.8, 4) is 39.8 Å². The molecule has 0 spiro atoms. The second-order valence-corrected chi connectivity index (χ2v) is 13.2. The standard InChI is InChI=1S/C19H16F3N3O4.C14H8F3NO3.C6H11NO2/c20-19(21,22)29-13-5-3-12(4-6-13)14-7-8-15-17(23-14)25(18(27)28-15)11-10-24-9-1-2-16(24)26;15-14(16,17)21-9-3-1-8(2-4-9)10-5-6-12-11(18-10)7-13(19)20-12;8-5-4-7-3-1-2-6(7)9/h3-8H,1-2,9-11H2;1-6H,7H2;8H,1-5H2. The zero-order valence-corrected chi connectivity index (χ0v) is 30.9. The molecule has 0 unspecified atom stereocenters. The third-order valence-electron chi connectivity index (χ3n) is 9.05. The number of amides is 2. The topological polar surface area (TPSA) is 167 Å². The van der Waals surface area contributed by atoms with Gasteiger partial charge in [-0.25, -0.2) is 14.8 Å². The van der Waals surface area contributed by atoms with E-state index in [1.165, 1.54) is 53.1 Å². The normalized spacial score (nSPS) is 15.1. The molecule has 20 heteroatoms. The predicted octanol–water partition coefficient (Wildman–Crippen LogP) is 5.89. The highest BCUT2D eigenvalue weighted by atomic mass is 19.4. The first-order valence-corrected chi connectivity index (χ1v) is 18.1. The Labute approximate surface area is 330 Å². The number of carbonyl (C=O) groups is 3. The molecule has 2 saturated heterocycles.